The van der Waals surface area contributed by atoms with E-state index >= 15 is 0 Å². The molecule has 0 aliphatic carbocycles. The van der Waals surface area contributed by atoms with E-state index in [1.165, 1.54) is 0 Å². The van der Waals surface area contributed by atoms with E-state index in [4.69, 9.17) is 17.0 Å². The van der Waals surface area contributed by atoms with Crippen LogP contribution in [0.15, 0.2) is 0 Å². The molecule has 0 aliphatic heterocycles. The van der Waals surface area contributed by atoms with Crippen LogP contribution in [0.2, 0.25) is 0 Å². The predicted octanol–water partition coefficient (Wildman–Crippen LogP) is 1.17. The van der Waals surface area contributed by atoms with Crippen LogP contribution < -0.4 is 5.32 Å². The number of rotatable bonds is 9. The van der Waals surface area contributed by atoms with Gasteiger partial charge in [-0.2, -0.15) is 0 Å². The van der Waals surface area contributed by atoms with Crippen molar-refractivity contribution in [3.8, 4) is 0 Å². The number of hydrogen-bond donors (Lipinski definition) is 1. The number of nitrogens with zero attached hydrogens (tertiary/aromatic N) is 2. The lowest BCUT2D eigenvalue weighted by Gasteiger charge is -2.21. The van der Waals surface area contributed by atoms with Crippen LogP contribution in [0.5, 0.6) is 0 Å². The number of hydrogen-bond acceptors (Lipinski definition) is 3. The molecule has 0 heterocycles. The van der Waals surface area contributed by atoms with Crippen molar-refractivity contribution in [2.24, 2.45) is 0 Å². The second kappa shape index (κ2) is 10.7. The van der Waals surface area contributed by atoms with Crippen LogP contribution in [-0.4, -0.2) is 68.9 Å². The second-order valence-corrected chi connectivity index (χ2v) is 4.75. The molecule has 4 nitrogen and oxygen atoms in total. The van der Waals surface area contributed by atoms with E-state index in [1.54, 1.807) is 0 Å². The lowest BCUT2D eigenvalue weighted by Crippen LogP contribution is -2.38. The highest BCUT2D eigenvalue weighted by Crippen LogP contribution is 1.91. The van der Waals surface area contributed by atoms with Gasteiger partial charge >= 0.3 is 0 Å². The highest BCUT2D eigenvalue weighted by Gasteiger charge is 2.03. The number of nitrogens with one attached hydrogen (secondary N) is 1. The maximum Gasteiger partial charge on any atom is 0.168 e. The molecule has 0 rings (SSSR count). The summed E-state index contributed by atoms with van der Waals surface area (Å²) in [6, 6.07) is 0. The summed E-state index contributed by atoms with van der Waals surface area (Å²) >= 11 is 5.29. The van der Waals surface area contributed by atoms with Crippen LogP contribution in [0, 0.1) is 0 Å². The van der Waals surface area contributed by atoms with E-state index in [-0.39, 0.29) is 0 Å². The van der Waals surface area contributed by atoms with Crippen LogP contribution in [0.25, 0.3) is 0 Å². The van der Waals surface area contributed by atoms with E-state index in [0.717, 1.165) is 50.8 Å². The molecule has 0 spiro atoms. The molecule has 5 heteroatoms. The first-order valence-corrected chi connectivity index (χ1v) is 6.70. The van der Waals surface area contributed by atoms with Gasteiger partial charge in [0.1, 0.15) is 0 Å². The Bertz CT molecular complexity index is 200. The molecule has 1 N–H and O–H groups in total. The molecule has 0 unspecified atom stereocenters. The summed E-state index contributed by atoms with van der Waals surface area (Å²) in [6.07, 6.45) is 2.13. The Labute approximate surface area is 111 Å². The minimum atomic E-state index is 0.787. The van der Waals surface area contributed by atoms with Gasteiger partial charge in [0.2, 0.25) is 0 Å². The minimum absolute atomic E-state index is 0.787. The van der Waals surface area contributed by atoms with Gasteiger partial charge in [0.25, 0.3) is 0 Å². The lowest BCUT2D eigenvalue weighted by molar-refractivity contribution is 0.145. The Hall–Kier alpha value is -0.390. The zero-order chi connectivity index (χ0) is 13.1. The summed E-state index contributed by atoms with van der Waals surface area (Å²) in [5, 5.41) is 4.08. The molecule has 0 aromatic rings. The third-order valence-electron chi connectivity index (χ3n) is 2.39. The van der Waals surface area contributed by atoms with Crippen LogP contribution in [-0.2, 0) is 4.74 Å². The molecule has 0 saturated heterocycles. The summed E-state index contributed by atoms with van der Waals surface area (Å²) in [5.74, 6) is 0. The zero-order valence-corrected chi connectivity index (χ0v) is 12.5. The van der Waals surface area contributed by atoms with E-state index in [9.17, 15) is 0 Å². The summed E-state index contributed by atoms with van der Waals surface area (Å²) in [6.45, 7) is 6.57. The molecule has 0 saturated carbocycles. The van der Waals surface area contributed by atoms with Crippen molar-refractivity contribution in [3.05, 3.63) is 0 Å². The fourth-order valence-electron chi connectivity index (χ4n) is 1.37. The van der Waals surface area contributed by atoms with E-state index in [1.807, 2.05) is 14.0 Å². The number of thiocarbonyl (C=S) groups is 1. The van der Waals surface area contributed by atoms with Gasteiger partial charge in [-0.3, -0.25) is 0 Å². The number of ether oxygens (including phenoxy) is 1. The standard InChI is InChI=1S/C12H27N3OS/c1-5-16-11-6-8-13-12(17)15(4)10-7-9-14(2)3/h5-11H2,1-4H3,(H,13,17). The molecule has 0 atom stereocenters. The smallest absolute Gasteiger partial charge is 0.168 e. The molecule has 0 amide bonds. The summed E-state index contributed by atoms with van der Waals surface area (Å²) in [5.41, 5.74) is 0. The molecule has 17 heavy (non-hydrogen) atoms. The average Bonchev–Trinajstić information content (AvgIpc) is 2.27. The zero-order valence-electron chi connectivity index (χ0n) is 11.7. The first-order chi connectivity index (χ1) is 8.07. The van der Waals surface area contributed by atoms with Gasteiger partial charge < -0.3 is 19.9 Å². The van der Waals surface area contributed by atoms with E-state index < -0.39 is 0 Å². The quantitative estimate of drug-likeness (QED) is 0.497. The maximum atomic E-state index is 5.29. The normalized spacial score (nSPS) is 10.6. The SMILES string of the molecule is CCOCCCNC(=S)N(C)CCCN(C)C. The first-order valence-electron chi connectivity index (χ1n) is 6.29. The van der Waals surface area contributed by atoms with Crippen LogP contribution in [0.3, 0.4) is 0 Å². The monoisotopic (exact) mass is 261 g/mol. The van der Waals surface area contributed by atoms with E-state index in [0.29, 0.717) is 0 Å². The van der Waals surface area contributed by atoms with Gasteiger partial charge in [-0.05, 0) is 52.6 Å². The van der Waals surface area contributed by atoms with Crippen molar-refractivity contribution in [1.29, 1.82) is 0 Å². The topological polar surface area (TPSA) is 27.7 Å². The summed E-state index contributed by atoms with van der Waals surface area (Å²) in [7, 11) is 6.21. The Balaban J connectivity index is 3.47. The molecule has 0 aromatic carbocycles. The van der Waals surface area contributed by atoms with Gasteiger partial charge in [0.15, 0.2) is 5.11 Å². The Morgan fingerprint density at radius 2 is 1.88 bits per heavy atom. The molecule has 0 fully saturated rings. The van der Waals surface area contributed by atoms with Gasteiger partial charge in [-0.25, -0.2) is 0 Å². The lowest BCUT2D eigenvalue weighted by atomic mass is 10.4. The van der Waals surface area contributed by atoms with Crippen LogP contribution in [0.1, 0.15) is 19.8 Å². The predicted molar refractivity (Wildman–Crippen MR) is 77.5 cm³/mol. The van der Waals surface area contributed by atoms with Crippen LogP contribution >= 0.6 is 12.2 Å². The van der Waals surface area contributed by atoms with Crippen molar-refractivity contribution < 1.29 is 4.74 Å². The van der Waals surface area contributed by atoms with Crippen molar-refractivity contribution in [2.45, 2.75) is 19.8 Å². The third kappa shape index (κ3) is 10.5. The van der Waals surface area contributed by atoms with Gasteiger partial charge in [0, 0.05) is 33.4 Å². The Kier molecular flexibility index (Phi) is 10.5. The van der Waals surface area contributed by atoms with Gasteiger partial charge in [-0.1, -0.05) is 0 Å². The highest BCUT2D eigenvalue weighted by molar-refractivity contribution is 7.80. The molecule has 0 radical (unpaired) electrons. The molecular weight excluding hydrogens is 234 g/mol. The third-order valence-corrected chi connectivity index (χ3v) is 2.85. The fraction of sp³-hybridized carbons (Fsp3) is 0.917. The Morgan fingerprint density at radius 3 is 2.47 bits per heavy atom. The van der Waals surface area contributed by atoms with E-state index in [2.05, 4.69) is 29.2 Å². The maximum absolute atomic E-state index is 5.29. The average molecular weight is 261 g/mol. The fourth-order valence-corrected chi connectivity index (χ4v) is 1.57. The summed E-state index contributed by atoms with van der Waals surface area (Å²) in [4.78, 5) is 4.28. The summed E-state index contributed by atoms with van der Waals surface area (Å²) < 4.78 is 5.26. The van der Waals surface area contributed by atoms with Crippen LogP contribution in [0.4, 0.5) is 0 Å². The van der Waals surface area contributed by atoms with Crippen molar-refractivity contribution >= 4 is 17.3 Å². The molecule has 0 aromatic heterocycles. The van der Waals surface area contributed by atoms with Crippen molar-refractivity contribution in [1.82, 2.24) is 15.1 Å². The second-order valence-electron chi connectivity index (χ2n) is 4.36. The molecule has 102 valence electrons. The first kappa shape index (κ1) is 16.6. The molecule has 0 aliphatic rings. The van der Waals surface area contributed by atoms with Gasteiger partial charge in [-0.15, -0.1) is 0 Å². The minimum Gasteiger partial charge on any atom is -0.382 e. The molecular formula is C12H27N3OS. The van der Waals surface area contributed by atoms with Crippen molar-refractivity contribution in [3.63, 3.8) is 0 Å². The largest absolute Gasteiger partial charge is 0.382 e. The Morgan fingerprint density at radius 1 is 1.18 bits per heavy atom. The van der Waals surface area contributed by atoms with Gasteiger partial charge in [0.05, 0.1) is 0 Å². The van der Waals surface area contributed by atoms with Crippen molar-refractivity contribution in [2.75, 3.05) is 54.0 Å². The molecule has 0 bridgehead atoms. The highest BCUT2D eigenvalue weighted by atomic mass is 32.1.